The summed E-state index contributed by atoms with van der Waals surface area (Å²) in [6.45, 7) is 13.6. The minimum atomic E-state index is 0.607. The molecule has 0 aliphatic rings. The van der Waals surface area contributed by atoms with Crippen LogP contribution in [0.2, 0.25) is 0 Å². The highest BCUT2D eigenvalue weighted by Gasteiger charge is 2.18. The highest BCUT2D eigenvalue weighted by atomic mass is 16.5. The number of anilines is 1. The maximum Gasteiger partial charge on any atom is 0.148 e. The molecule has 6 heteroatoms. The number of azo groups is 2. The summed E-state index contributed by atoms with van der Waals surface area (Å²) in [6.07, 6.45) is 10.2. The van der Waals surface area contributed by atoms with Crippen molar-refractivity contribution in [3.8, 4) is 5.75 Å². The molecule has 0 bridgehead atoms. The molecule has 6 nitrogen and oxygen atoms in total. The molecule has 0 aliphatic carbocycles. The van der Waals surface area contributed by atoms with E-state index in [1.807, 2.05) is 48.5 Å². The third-order valence-corrected chi connectivity index (χ3v) is 8.06. The van der Waals surface area contributed by atoms with Gasteiger partial charge in [0.2, 0.25) is 0 Å². The number of hydrogen-bond acceptors (Lipinski definition) is 6. The number of unbranched alkanes of at least 4 members (excludes halogenated alkanes) is 2. The van der Waals surface area contributed by atoms with Gasteiger partial charge in [-0.15, -0.1) is 5.11 Å². The number of hydrogen-bond donors (Lipinski definition) is 0. The van der Waals surface area contributed by atoms with Crippen LogP contribution in [0.5, 0.6) is 5.75 Å². The summed E-state index contributed by atoms with van der Waals surface area (Å²) in [5, 5.41) is 17.8. The van der Waals surface area contributed by atoms with Crippen molar-refractivity contribution in [2.75, 3.05) is 25.1 Å². The Morgan fingerprint density at radius 3 is 1.83 bits per heavy atom. The van der Waals surface area contributed by atoms with E-state index in [0.717, 1.165) is 41.9 Å². The molecule has 2 unspecified atom stereocenters. The van der Waals surface area contributed by atoms with Crippen molar-refractivity contribution in [1.29, 1.82) is 0 Å². The maximum absolute atomic E-state index is 5.56. The summed E-state index contributed by atoms with van der Waals surface area (Å²) < 4.78 is 5.56. The van der Waals surface area contributed by atoms with Crippen LogP contribution in [-0.2, 0) is 0 Å². The van der Waals surface area contributed by atoms with Crippen molar-refractivity contribution >= 4 is 28.4 Å². The van der Waals surface area contributed by atoms with E-state index < -0.39 is 0 Å². The van der Waals surface area contributed by atoms with E-state index in [0.29, 0.717) is 17.1 Å². The Hall–Kier alpha value is -3.54. The van der Waals surface area contributed by atoms with Crippen LogP contribution in [0.25, 0.3) is 0 Å². The molecule has 226 valence electrons. The molecule has 0 saturated carbocycles. The SMILES string of the molecule is CCCCC(CC)CN(CC(CC)CCCC)c1ccc(/N=N/c2ccc(/N=N/c3ccccc3)c(OC)c2)c(C)c1. The van der Waals surface area contributed by atoms with Crippen LogP contribution in [0, 0.1) is 18.8 Å². The highest BCUT2D eigenvalue weighted by Crippen LogP contribution is 2.34. The second kappa shape index (κ2) is 18.1. The van der Waals surface area contributed by atoms with Crippen LogP contribution in [0.4, 0.5) is 28.4 Å². The molecule has 3 aromatic carbocycles. The Kier molecular flexibility index (Phi) is 14.2. The van der Waals surface area contributed by atoms with Crippen LogP contribution in [0.1, 0.15) is 84.6 Å². The molecule has 0 amide bonds. The summed E-state index contributed by atoms with van der Waals surface area (Å²) in [6, 6.07) is 21.9. The standard InChI is InChI=1S/C36H51N5O/c1-7-11-16-29(9-3)26-41(27-30(10-4)17-12-8-2)33-21-23-34(28(5)24-33)39-38-32-20-22-35(36(25-32)42-6)40-37-31-18-14-13-15-19-31/h13-15,18-25,29-30H,7-12,16-17,26-27H2,1-6H3/b39-38+,40-37+. The van der Waals surface area contributed by atoms with E-state index >= 15 is 0 Å². The second-order valence-corrected chi connectivity index (χ2v) is 11.3. The first-order chi connectivity index (χ1) is 20.5. The van der Waals surface area contributed by atoms with Gasteiger partial charge in [-0.2, -0.15) is 15.3 Å². The van der Waals surface area contributed by atoms with Gasteiger partial charge in [-0.3, -0.25) is 0 Å². The Morgan fingerprint density at radius 1 is 0.667 bits per heavy atom. The number of aryl methyl sites for hydroxylation is 1. The Labute approximate surface area is 254 Å². The van der Waals surface area contributed by atoms with Gasteiger partial charge in [0.05, 0.1) is 24.2 Å². The Balaban J connectivity index is 1.79. The fourth-order valence-electron chi connectivity index (χ4n) is 5.22. The fraction of sp³-hybridized carbons (Fsp3) is 0.500. The Morgan fingerprint density at radius 2 is 1.26 bits per heavy atom. The molecule has 0 aromatic heterocycles. The maximum atomic E-state index is 5.56. The van der Waals surface area contributed by atoms with Crippen LogP contribution in [0.3, 0.4) is 0 Å². The van der Waals surface area contributed by atoms with E-state index in [9.17, 15) is 0 Å². The van der Waals surface area contributed by atoms with Crippen LogP contribution in [-0.4, -0.2) is 20.2 Å². The first-order valence-corrected chi connectivity index (χ1v) is 15.9. The average Bonchev–Trinajstić information content (AvgIpc) is 3.03. The van der Waals surface area contributed by atoms with Gasteiger partial charge in [-0.25, -0.2) is 0 Å². The molecule has 42 heavy (non-hydrogen) atoms. The van der Waals surface area contributed by atoms with Crippen molar-refractivity contribution in [2.24, 2.45) is 32.3 Å². The second-order valence-electron chi connectivity index (χ2n) is 11.3. The minimum Gasteiger partial charge on any atom is -0.494 e. The molecule has 0 fully saturated rings. The minimum absolute atomic E-state index is 0.607. The summed E-state index contributed by atoms with van der Waals surface area (Å²) >= 11 is 0. The fourth-order valence-corrected chi connectivity index (χ4v) is 5.22. The summed E-state index contributed by atoms with van der Waals surface area (Å²) in [5.74, 6) is 2.05. The van der Waals surface area contributed by atoms with Gasteiger partial charge in [-0.05, 0) is 79.6 Å². The molecular formula is C36H51N5O. The number of rotatable bonds is 18. The van der Waals surface area contributed by atoms with Crippen molar-refractivity contribution in [2.45, 2.75) is 86.0 Å². The number of nitrogens with zero attached hydrogens (tertiary/aromatic N) is 5. The lowest BCUT2D eigenvalue weighted by Crippen LogP contribution is -2.34. The van der Waals surface area contributed by atoms with Crippen LogP contribution < -0.4 is 9.64 Å². The lowest BCUT2D eigenvalue weighted by atomic mass is 9.95. The number of benzene rings is 3. The first kappa shape index (κ1) is 33.0. The average molecular weight is 570 g/mol. The molecule has 2 atom stereocenters. The van der Waals surface area contributed by atoms with Crippen molar-refractivity contribution in [3.05, 3.63) is 72.3 Å². The molecule has 0 saturated heterocycles. The summed E-state index contributed by atoms with van der Waals surface area (Å²) in [5.41, 5.74) is 5.45. The number of methoxy groups -OCH3 is 1. The van der Waals surface area contributed by atoms with Crippen LogP contribution in [0.15, 0.2) is 87.2 Å². The van der Waals surface area contributed by atoms with Crippen molar-refractivity contribution in [3.63, 3.8) is 0 Å². The first-order valence-electron chi connectivity index (χ1n) is 15.9. The zero-order chi connectivity index (χ0) is 30.2. The van der Waals surface area contributed by atoms with Crippen molar-refractivity contribution < 1.29 is 4.74 Å². The topological polar surface area (TPSA) is 61.9 Å². The number of ether oxygens (including phenoxy) is 1. The molecule has 0 heterocycles. The molecule has 0 radical (unpaired) electrons. The summed E-state index contributed by atoms with van der Waals surface area (Å²) in [7, 11) is 1.63. The molecule has 0 spiro atoms. The lowest BCUT2D eigenvalue weighted by Gasteiger charge is -2.33. The third kappa shape index (κ3) is 10.4. The normalized spacial score (nSPS) is 13.1. The van der Waals surface area contributed by atoms with E-state index in [4.69, 9.17) is 4.74 Å². The third-order valence-electron chi connectivity index (χ3n) is 8.06. The zero-order valence-electron chi connectivity index (χ0n) is 26.7. The van der Waals surface area contributed by atoms with Gasteiger partial charge in [0.25, 0.3) is 0 Å². The molecular weight excluding hydrogens is 518 g/mol. The van der Waals surface area contributed by atoms with Gasteiger partial charge in [-0.1, -0.05) is 84.4 Å². The van der Waals surface area contributed by atoms with Crippen LogP contribution >= 0.6 is 0 Å². The molecule has 3 aromatic rings. The quantitative estimate of drug-likeness (QED) is 0.143. The predicted molar refractivity (Wildman–Crippen MR) is 178 cm³/mol. The van der Waals surface area contributed by atoms with Gasteiger partial charge < -0.3 is 9.64 Å². The van der Waals surface area contributed by atoms with Gasteiger partial charge in [0.1, 0.15) is 11.4 Å². The van der Waals surface area contributed by atoms with Gasteiger partial charge in [0.15, 0.2) is 0 Å². The highest BCUT2D eigenvalue weighted by molar-refractivity contribution is 5.60. The van der Waals surface area contributed by atoms with E-state index in [-0.39, 0.29) is 0 Å². The zero-order valence-corrected chi connectivity index (χ0v) is 26.7. The molecule has 3 rings (SSSR count). The monoisotopic (exact) mass is 569 g/mol. The van der Waals surface area contributed by atoms with E-state index in [1.54, 1.807) is 7.11 Å². The lowest BCUT2D eigenvalue weighted by molar-refractivity contribution is 0.403. The largest absolute Gasteiger partial charge is 0.494 e. The predicted octanol–water partition coefficient (Wildman–Crippen LogP) is 12.1. The smallest absolute Gasteiger partial charge is 0.148 e. The van der Waals surface area contributed by atoms with E-state index in [1.165, 1.54) is 57.1 Å². The van der Waals surface area contributed by atoms with Crippen molar-refractivity contribution in [1.82, 2.24) is 0 Å². The van der Waals surface area contributed by atoms with Gasteiger partial charge >= 0.3 is 0 Å². The molecule has 0 aliphatic heterocycles. The van der Waals surface area contributed by atoms with Gasteiger partial charge in [0, 0.05) is 24.8 Å². The van der Waals surface area contributed by atoms with E-state index in [2.05, 4.69) is 78.2 Å². The molecule has 0 N–H and O–H groups in total. The summed E-state index contributed by atoms with van der Waals surface area (Å²) in [4.78, 5) is 2.65. The Bertz CT molecular complexity index is 1240.